The van der Waals surface area contributed by atoms with Crippen LogP contribution in [0.1, 0.15) is 0 Å². The molecule has 0 aliphatic rings. The van der Waals surface area contributed by atoms with Gasteiger partial charge in [0.05, 0.1) is 6.20 Å². The van der Waals surface area contributed by atoms with Crippen LogP contribution in [0, 0.1) is 0 Å². The summed E-state index contributed by atoms with van der Waals surface area (Å²) in [5, 5.41) is 8.33. The summed E-state index contributed by atoms with van der Waals surface area (Å²) in [7, 11) is 0. The molecule has 6 nitrogen and oxygen atoms in total. The Morgan fingerprint density at radius 2 is 1.38 bits per heavy atom. The van der Waals surface area contributed by atoms with Crippen LogP contribution in [0.2, 0.25) is 0 Å². The van der Waals surface area contributed by atoms with Gasteiger partial charge in [-0.2, -0.15) is 0 Å². The van der Waals surface area contributed by atoms with Gasteiger partial charge in [0.2, 0.25) is 0 Å². The van der Waals surface area contributed by atoms with Crippen molar-refractivity contribution < 1.29 is 4.52 Å². The van der Waals surface area contributed by atoms with Gasteiger partial charge in [0, 0.05) is 28.2 Å². The maximum Gasteiger partial charge on any atom is 0.144 e. The molecule has 0 fully saturated rings. The van der Waals surface area contributed by atoms with E-state index in [2.05, 4.69) is 19.3 Å². The lowest BCUT2D eigenvalue weighted by atomic mass is 10.1. The van der Waals surface area contributed by atoms with Crippen molar-refractivity contribution in [2.24, 2.45) is 0 Å². The minimum Gasteiger partial charge on any atom is -0.399 e. The summed E-state index contributed by atoms with van der Waals surface area (Å²) in [4.78, 5) is 0. The monoisotopic (exact) mass is 339 g/mol. The molecule has 0 bridgehead atoms. The molecule has 2 heterocycles. The lowest BCUT2D eigenvalue weighted by Crippen LogP contribution is -1.85. The summed E-state index contributed by atoms with van der Waals surface area (Å²) >= 11 is 1.46. The maximum absolute atomic E-state index is 5.61. The standard InChI is InChI=1S/C12H12N2.C3H3NS.C2H2N2O/c13-11-5-1-9(2-6-11)10-3-7-12(14)8-4-10;1-2-4-5-3-1;1-2-5-4-3-1/h1-8H,13-14H2;1-3H;1-2H. The first-order valence-corrected chi connectivity index (χ1v) is 7.86. The maximum atomic E-state index is 5.61. The molecule has 0 aliphatic carbocycles. The average molecular weight is 339 g/mol. The van der Waals surface area contributed by atoms with E-state index in [0.717, 1.165) is 22.5 Å². The first-order valence-electron chi connectivity index (χ1n) is 7.02. The van der Waals surface area contributed by atoms with Crippen molar-refractivity contribution in [1.82, 2.24) is 14.7 Å². The highest BCUT2D eigenvalue weighted by Crippen LogP contribution is 2.21. The van der Waals surface area contributed by atoms with Crippen LogP contribution in [0.4, 0.5) is 11.4 Å². The summed E-state index contributed by atoms with van der Waals surface area (Å²) in [5.74, 6) is 0. The number of aromatic nitrogens is 3. The van der Waals surface area contributed by atoms with Crippen molar-refractivity contribution in [2.75, 3.05) is 11.5 Å². The topological polar surface area (TPSA) is 104 Å². The normalized spacial score (nSPS) is 9.17. The number of anilines is 2. The van der Waals surface area contributed by atoms with E-state index in [0.29, 0.717) is 0 Å². The molecule has 0 radical (unpaired) electrons. The number of hydrogen-bond acceptors (Lipinski definition) is 7. The predicted octanol–water partition coefficient (Wildman–Crippen LogP) is 3.73. The molecule has 2 aromatic heterocycles. The van der Waals surface area contributed by atoms with Gasteiger partial charge < -0.3 is 16.0 Å². The Morgan fingerprint density at radius 1 is 0.792 bits per heavy atom. The molecule has 4 N–H and O–H groups in total. The number of benzene rings is 2. The van der Waals surface area contributed by atoms with Gasteiger partial charge in [-0.1, -0.05) is 24.3 Å². The predicted molar refractivity (Wildman–Crippen MR) is 97.1 cm³/mol. The largest absolute Gasteiger partial charge is 0.399 e. The van der Waals surface area contributed by atoms with Gasteiger partial charge >= 0.3 is 0 Å². The van der Waals surface area contributed by atoms with Crippen molar-refractivity contribution in [3.63, 3.8) is 0 Å². The fourth-order valence-electron chi connectivity index (χ4n) is 1.66. The molecule has 122 valence electrons. The van der Waals surface area contributed by atoms with Gasteiger partial charge in [0.25, 0.3) is 0 Å². The van der Waals surface area contributed by atoms with Crippen molar-refractivity contribution in [2.45, 2.75) is 0 Å². The van der Waals surface area contributed by atoms with Crippen LogP contribution in [-0.4, -0.2) is 14.7 Å². The molecule has 0 aliphatic heterocycles. The zero-order valence-corrected chi connectivity index (χ0v) is 13.6. The molecule has 24 heavy (non-hydrogen) atoms. The summed E-state index contributed by atoms with van der Waals surface area (Å²) in [6.45, 7) is 0. The van der Waals surface area contributed by atoms with Gasteiger partial charge in [0.15, 0.2) is 0 Å². The molecule has 0 unspecified atom stereocenters. The summed E-state index contributed by atoms with van der Waals surface area (Å²) in [6, 6.07) is 17.5. The highest BCUT2D eigenvalue weighted by atomic mass is 32.1. The Balaban J connectivity index is 0.000000169. The Labute approximate surface area is 143 Å². The van der Waals surface area contributed by atoms with Crippen LogP contribution in [0.3, 0.4) is 0 Å². The highest BCUT2D eigenvalue weighted by Gasteiger charge is 1.95. The second-order valence-corrected chi connectivity index (χ2v) is 5.21. The quantitative estimate of drug-likeness (QED) is 0.512. The van der Waals surface area contributed by atoms with Gasteiger partial charge in [-0.3, -0.25) is 0 Å². The summed E-state index contributed by atoms with van der Waals surface area (Å²) < 4.78 is 7.99. The van der Waals surface area contributed by atoms with Crippen LogP contribution in [0.5, 0.6) is 0 Å². The number of rotatable bonds is 1. The van der Waals surface area contributed by atoms with Gasteiger partial charge in [-0.05, 0) is 53.0 Å². The molecule has 2 aromatic carbocycles. The number of nitrogens with zero attached hydrogens (tertiary/aromatic N) is 3. The van der Waals surface area contributed by atoms with E-state index in [1.807, 2.05) is 60.0 Å². The van der Waals surface area contributed by atoms with Crippen molar-refractivity contribution in [1.29, 1.82) is 0 Å². The van der Waals surface area contributed by atoms with Crippen molar-refractivity contribution in [3.8, 4) is 11.1 Å². The zero-order valence-electron chi connectivity index (χ0n) is 12.8. The van der Waals surface area contributed by atoms with E-state index in [1.54, 1.807) is 6.20 Å². The molecule has 4 rings (SSSR count). The van der Waals surface area contributed by atoms with Crippen LogP contribution in [0.15, 0.2) is 83.2 Å². The minimum atomic E-state index is 0.782. The Morgan fingerprint density at radius 3 is 1.62 bits per heavy atom. The zero-order chi connectivity index (χ0) is 17.0. The smallest absolute Gasteiger partial charge is 0.144 e. The summed E-state index contributed by atoms with van der Waals surface area (Å²) in [5.41, 5.74) is 15.1. The molecule has 4 aromatic rings. The third kappa shape index (κ3) is 6.29. The van der Waals surface area contributed by atoms with Crippen LogP contribution >= 0.6 is 11.5 Å². The average Bonchev–Trinajstić information content (AvgIpc) is 3.35. The molecule has 0 amide bonds. The van der Waals surface area contributed by atoms with Crippen molar-refractivity contribution in [3.05, 3.63) is 78.6 Å². The van der Waals surface area contributed by atoms with Gasteiger partial charge in [-0.25, -0.2) is 4.37 Å². The van der Waals surface area contributed by atoms with E-state index in [1.165, 1.54) is 24.0 Å². The Bertz CT molecular complexity index is 665. The number of nitrogen functional groups attached to an aromatic ring is 2. The third-order valence-corrected chi connectivity index (χ3v) is 3.31. The number of hydrogen-bond donors (Lipinski definition) is 2. The van der Waals surface area contributed by atoms with E-state index >= 15 is 0 Å². The lowest BCUT2D eigenvalue weighted by Gasteiger charge is -2.02. The van der Waals surface area contributed by atoms with Gasteiger partial charge in [-0.15, -0.1) is 5.10 Å². The van der Waals surface area contributed by atoms with Crippen LogP contribution in [-0.2, 0) is 0 Å². The molecule has 7 heteroatoms. The van der Waals surface area contributed by atoms with E-state index in [4.69, 9.17) is 11.5 Å². The molecule has 0 atom stereocenters. The fraction of sp³-hybridized carbons (Fsp3) is 0. The lowest BCUT2D eigenvalue weighted by molar-refractivity contribution is 0.393. The SMILES string of the molecule is Nc1ccc(-c2ccc(N)cc2)cc1.c1cnsc1.c1conn1. The Hall–Kier alpha value is -3.19. The van der Waals surface area contributed by atoms with E-state index in [-0.39, 0.29) is 0 Å². The van der Waals surface area contributed by atoms with Gasteiger partial charge in [0.1, 0.15) is 6.26 Å². The molecule has 0 saturated heterocycles. The fourth-order valence-corrected chi connectivity index (χ4v) is 2.01. The Kier molecular flexibility index (Phi) is 6.98. The second-order valence-electron chi connectivity index (χ2n) is 4.52. The summed E-state index contributed by atoms with van der Waals surface area (Å²) in [6.07, 6.45) is 4.64. The molecule has 0 spiro atoms. The third-order valence-electron chi connectivity index (χ3n) is 2.78. The van der Waals surface area contributed by atoms with Crippen molar-refractivity contribution >= 4 is 22.9 Å². The minimum absolute atomic E-state index is 0.782. The van der Waals surface area contributed by atoms with E-state index in [9.17, 15) is 0 Å². The van der Waals surface area contributed by atoms with Crippen LogP contribution in [0.25, 0.3) is 11.1 Å². The first kappa shape index (κ1) is 17.2. The molecule has 0 saturated carbocycles. The highest BCUT2D eigenvalue weighted by molar-refractivity contribution is 7.03. The first-order chi connectivity index (χ1) is 11.8. The molecular formula is C17H17N5OS. The second kappa shape index (κ2) is 9.75. The van der Waals surface area contributed by atoms with E-state index < -0.39 is 0 Å². The number of nitrogens with two attached hydrogens (primary N) is 2. The van der Waals surface area contributed by atoms with Crippen LogP contribution < -0.4 is 11.5 Å². The molecular weight excluding hydrogens is 322 g/mol.